The summed E-state index contributed by atoms with van der Waals surface area (Å²) in [6.07, 6.45) is 0.296. The zero-order valence-electron chi connectivity index (χ0n) is 11.0. The Morgan fingerprint density at radius 2 is 1.89 bits per heavy atom. The fraction of sp³-hybridized carbons (Fsp3) is 0.909. The summed E-state index contributed by atoms with van der Waals surface area (Å²) >= 11 is 0. The van der Waals surface area contributed by atoms with Crippen LogP contribution in [0.1, 0.15) is 27.2 Å². The van der Waals surface area contributed by atoms with Gasteiger partial charge >= 0.3 is 0 Å². The van der Waals surface area contributed by atoms with E-state index in [1.54, 1.807) is 0 Å². The molecule has 4 atom stereocenters. The van der Waals surface area contributed by atoms with Gasteiger partial charge in [-0.25, -0.2) is 13.6 Å². The topological polar surface area (TPSA) is 98.5 Å². The van der Waals surface area contributed by atoms with Gasteiger partial charge in [-0.3, -0.25) is 4.79 Å². The Morgan fingerprint density at radius 1 is 1.28 bits per heavy atom. The zero-order valence-corrected chi connectivity index (χ0v) is 11.9. The lowest BCUT2D eigenvalue weighted by molar-refractivity contribution is -0.127. The summed E-state index contributed by atoms with van der Waals surface area (Å²) in [5.41, 5.74) is 0. The van der Waals surface area contributed by atoms with E-state index in [-0.39, 0.29) is 35.7 Å². The lowest BCUT2D eigenvalue weighted by Gasteiger charge is -2.17. The number of primary sulfonamides is 1. The van der Waals surface area contributed by atoms with Crippen molar-refractivity contribution >= 4 is 15.9 Å². The van der Waals surface area contributed by atoms with E-state index in [9.17, 15) is 13.2 Å². The van der Waals surface area contributed by atoms with Gasteiger partial charge in [0, 0.05) is 6.54 Å². The van der Waals surface area contributed by atoms with Crippen molar-refractivity contribution in [2.75, 3.05) is 12.3 Å². The minimum atomic E-state index is -3.45. The summed E-state index contributed by atoms with van der Waals surface area (Å²) in [4.78, 5) is 12.0. The van der Waals surface area contributed by atoms with Gasteiger partial charge in [0.15, 0.2) is 0 Å². The van der Waals surface area contributed by atoms with Crippen LogP contribution in [-0.2, 0) is 19.6 Å². The summed E-state index contributed by atoms with van der Waals surface area (Å²) in [5.74, 6) is -0.197. The lowest BCUT2D eigenvalue weighted by Crippen LogP contribution is -2.38. The minimum absolute atomic E-state index is 0.0696. The van der Waals surface area contributed by atoms with E-state index < -0.39 is 10.0 Å². The molecule has 0 bridgehead atoms. The van der Waals surface area contributed by atoms with Crippen molar-refractivity contribution < 1.29 is 17.9 Å². The van der Waals surface area contributed by atoms with Gasteiger partial charge in [-0.15, -0.1) is 0 Å². The number of hydrogen-bond acceptors (Lipinski definition) is 4. The molecule has 1 saturated heterocycles. The van der Waals surface area contributed by atoms with Crippen molar-refractivity contribution in [2.45, 2.75) is 39.4 Å². The first kappa shape index (κ1) is 15.4. The van der Waals surface area contributed by atoms with Crippen molar-refractivity contribution in [1.29, 1.82) is 0 Å². The molecule has 3 N–H and O–H groups in total. The fourth-order valence-electron chi connectivity index (χ4n) is 2.32. The molecule has 0 aromatic heterocycles. The van der Waals surface area contributed by atoms with Crippen molar-refractivity contribution in [1.82, 2.24) is 5.32 Å². The largest absolute Gasteiger partial charge is 0.374 e. The number of carbonyl (C=O) groups excluding carboxylic acids is 1. The highest BCUT2D eigenvalue weighted by Gasteiger charge is 2.41. The Morgan fingerprint density at radius 3 is 2.33 bits per heavy atom. The predicted molar refractivity (Wildman–Crippen MR) is 68.3 cm³/mol. The van der Waals surface area contributed by atoms with E-state index >= 15 is 0 Å². The van der Waals surface area contributed by atoms with Crippen molar-refractivity contribution in [3.63, 3.8) is 0 Å². The molecular weight excluding hydrogens is 256 g/mol. The second-order valence-electron chi connectivity index (χ2n) is 4.94. The van der Waals surface area contributed by atoms with Crippen LogP contribution in [0.25, 0.3) is 0 Å². The third-order valence-electron chi connectivity index (χ3n) is 3.45. The van der Waals surface area contributed by atoms with Crippen LogP contribution in [0.5, 0.6) is 0 Å². The number of nitrogens with two attached hydrogens (primary N) is 1. The second kappa shape index (κ2) is 5.99. The quantitative estimate of drug-likeness (QED) is 0.683. The van der Waals surface area contributed by atoms with Gasteiger partial charge in [0.2, 0.25) is 15.9 Å². The molecule has 6 nitrogen and oxygen atoms in total. The summed E-state index contributed by atoms with van der Waals surface area (Å²) in [6, 6.07) is 0. The molecule has 18 heavy (non-hydrogen) atoms. The van der Waals surface area contributed by atoms with Crippen LogP contribution >= 0.6 is 0 Å². The molecule has 0 spiro atoms. The summed E-state index contributed by atoms with van der Waals surface area (Å²) < 4.78 is 27.0. The SMILES string of the molecule is CC1OC(C)C(C(=O)NCCCS(N)(=O)=O)C1C. The molecule has 1 fully saturated rings. The van der Waals surface area contributed by atoms with Crippen molar-refractivity contribution in [2.24, 2.45) is 17.0 Å². The smallest absolute Gasteiger partial charge is 0.226 e. The average molecular weight is 278 g/mol. The first-order chi connectivity index (χ1) is 8.22. The number of ether oxygens (including phenoxy) is 1. The third kappa shape index (κ3) is 4.22. The number of rotatable bonds is 5. The van der Waals surface area contributed by atoms with Crippen LogP contribution in [0.15, 0.2) is 0 Å². The summed E-state index contributed by atoms with van der Waals surface area (Å²) in [6.45, 7) is 6.15. The van der Waals surface area contributed by atoms with Crippen LogP contribution in [-0.4, -0.2) is 38.8 Å². The average Bonchev–Trinajstić information content (AvgIpc) is 2.47. The monoisotopic (exact) mass is 278 g/mol. The molecule has 1 aliphatic rings. The maximum absolute atomic E-state index is 12.0. The fourth-order valence-corrected chi connectivity index (χ4v) is 2.87. The highest BCUT2D eigenvalue weighted by molar-refractivity contribution is 7.89. The standard InChI is InChI=1S/C11H22N2O4S/c1-7-8(2)17-9(3)10(7)11(14)13-5-4-6-18(12,15)16/h7-10H,4-6H2,1-3H3,(H,13,14)(H2,12,15,16). The normalized spacial score (nSPS) is 32.4. The van der Waals surface area contributed by atoms with E-state index in [1.807, 2.05) is 20.8 Å². The predicted octanol–water partition coefficient (Wildman–Crippen LogP) is -0.159. The van der Waals surface area contributed by atoms with Crippen LogP contribution in [0.4, 0.5) is 0 Å². The van der Waals surface area contributed by atoms with Gasteiger partial charge in [-0.05, 0) is 26.2 Å². The Labute approximate surface area is 108 Å². The van der Waals surface area contributed by atoms with Gasteiger partial charge < -0.3 is 10.1 Å². The Balaban J connectivity index is 2.37. The number of carbonyl (C=O) groups is 1. The zero-order chi connectivity index (χ0) is 13.9. The summed E-state index contributed by atoms with van der Waals surface area (Å²) in [5, 5.41) is 7.62. The van der Waals surface area contributed by atoms with Gasteiger partial charge in [-0.1, -0.05) is 6.92 Å². The van der Waals surface area contributed by atoms with Gasteiger partial charge in [0.25, 0.3) is 0 Å². The molecule has 1 rings (SSSR count). The number of sulfonamides is 1. The van der Waals surface area contributed by atoms with E-state index in [0.29, 0.717) is 13.0 Å². The maximum Gasteiger partial charge on any atom is 0.226 e. The van der Waals surface area contributed by atoms with E-state index in [1.165, 1.54) is 0 Å². The van der Waals surface area contributed by atoms with Crippen molar-refractivity contribution in [3.05, 3.63) is 0 Å². The molecule has 0 aliphatic carbocycles. The van der Waals surface area contributed by atoms with E-state index in [2.05, 4.69) is 5.32 Å². The Bertz CT molecular complexity index is 396. The van der Waals surface area contributed by atoms with Gasteiger partial charge in [-0.2, -0.15) is 0 Å². The van der Waals surface area contributed by atoms with E-state index in [0.717, 1.165) is 0 Å². The second-order valence-corrected chi connectivity index (χ2v) is 6.68. The number of nitrogens with one attached hydrogen (secondary N) is 1. The first-order valence-corrected chi connectivity index (χ1v) is 7.87. The van der Waals surface area contributed by atoms with E-state index in [4.69, 9.17) is 9.88 Å². The summed E-state index contributed by atoms with van der Waals surface area (Å²) in [7, 11) is -3.45. The van der Waals surface area contributed by atoms with Crippen LogP contribution < -0.4 is 10.5 Å². The molecule has 0 aromatic carbocycles. The molecule has 0 aromatic rings. The highest BCUT2D eigenvalue weighted by Crippen LogP contribution is 2.32. The molecule has 1 aliphatic heterocycles. The molecule has 106 valence electrons. The Hall–Kier alpha value is -0.660. The third-order valence-corrected chi connectivity index (χ3v) is 4.31. The first-order valence-electron chi connectivity index (χ1n) is 6.16. The van der Waals surface area contributed by atoms with Gasteiger partial charge in [0.05, 0.1) is 23.9 Å². The maximum atomic E-state index is 12.0. The molecule has 4 unspecified atom stereocenters. The molecule has 7 heteroatoms. The lowest BCUT2D eigenvalue weighted by atomic mass is 9.89. The molecule has 1 amide bonds. The Kier molecular flexibility index (Phi) is 5.12. The molecule has 0 saturated carbocycles. The number of amides is 1. The van der Waals surface area contributed by atoms with Crippen LogP contribution in [0, 0.1) is 11.8 Å². The molecule has 1 heterocycles. The highest BCUT2D eigenvalue weighted by atomic mass is 32.2. The van der Waals surface area contributed by atoms with Crippen LogP contribution in [0.2, 0.25) is 0 Å². The van der Waals surface area contributed by atoms with Gasteiger partial charge in [0.1, 0.15) is 0 Å². The minimum Gasteiger partial charge on any atom is -0.374 e. The number of hydrogen-bond donors (Lipinski definition) is 2. The van der Waals surface area contributed by atoms with Crippen molar-refractivity contribution in [3.8, 4) is 0 Å². The van der Waals surface area contributed by atoms with Crippen LogP contribution in [0.3, 0.4) is 0 Å². The molecule has 0 radical (unpaired) electrons. The molecular formula is C11H22N2O4S.